The molecular weight excluding hydrogens is 298 g/mol. The van der Waals surface area contributed by atoms with Crippen LogP contribution in [-0.4, -0.2) is 24.7 Å². The fourth-order valence-corrected chi connectivity index (χ4v) is 3.66. The normalized spacial score (nSPS) is 16.7. The van der Waals surface area contributed by atoms with Crippen molar-refractivity contribution >= 4 is 28.9 Å². The fourth-order valence-electron chi connectivity index (χ4n) is 3.40. The van der Waals surface area contributed by atoms with E-state index in [1.807, 2.05) is 12.1 Å². The van der Waals surface area contributed by atoms with Crippen molar-refractivity contribution in [3.05, 3.63) is 63.7 Å². The lowest BCUT2D eigenvalue weighted by Gasteiger charge is -2.26. The van der Waals surface area contributed by atoms with Gasteiger partial charge in [-0.1, -0.05) is 35.9 Å². The van der Waals surface area contributed by atoms with Gasteiger partial charge in [0.05, 0.1) is 16.1 Å². The van der Waals surface area contributed by atoms with Crippen LogP contribution in [0.25, 0.3) is 0 Å². The number of nitrogens with zero attached hydrogens (tertiary/aromatic N) is 1. The minimum atomic E-state index is -0.156. The molecule has 1 heterocycles. The Hall–Kier alpha value is -2.13. The van der Waals surface area contributed by atoms with Gasteiger partial charge in [0.1, 0.15) is 0 Å². The summed E-state index contributed by atoms with van der Waals surface area (Å²) in [7, 11) is 0. The van der Waals surface area contributed by atoms with Crippen LogP contribution in [0.2, 0.25) is 5.02 Å². The molecule has 0 amide bonds. The van der Waals surface area contributed by atoms with Crippen LogP contribution in [0.3, 0.4) is 0 Å². The highest BCUT2D eigenvalue weighted by atomic mass is 35.5. The molecule has 1 saturated heterocycles. The lowest BCUT2D eigenvalue weighted by molar-refractivity contribution is 0.0979. The van der Waals surface area contributed by atoms with Gasteiger partial charge in [-0.3, -0.25) is 9.59 Å². The molecule has 3 nitrogen and oxygen atoms in total. The highest BCUT2D eigenvalue weighted by molar-refractivity contribution is 6.39. The molecule has 1 aliphatic carbocycles. The Balaban J connectivity index is 1.96. The predicted octanol–water partition coefficient (Wildman–Crippen LogP) is 3.72. The molecule has 0 aromatic heterocycles. The van der Waals surface area contributed by atoms with E-state index in [9.17, 15) is 9.59 Å². The summed E-state index contributed by atoms with van der Waals surface area (Å²) in [6.45, 7) is 1.86. The quantitative estimate of drug-likeness (QED) is 0.687. The Morgan fingerprint density at radius 2 is 1.41 bits per heavy atom. The van der Waals surface area contributed by atoms with Gasteiger partial charge in [0.25, 0.3) is 0 Å². The molecule has 2 aromatic rings. The fraction of sp³-hybridized carbons (Fsp3) is 0.222. The van der Waals surface area contributed by atoms with Gasteiger partial charge in [0, 0.05) is 29.9 Å². The first-order valence-corrected chi connectivity index (χ1v) is 7.82. The van der Waals surface area contributed by atoms with E-state index >= 15 is 0 Å². The molecule has 0 spiro atoms. The van der Waals surface area contributed by atoms with E-state index < -0.39 is 0 Å². The maximum atomic E-state index is 12.9. The minimum Gasteiger partial charge on any atom is -0.371 e. The summed E-state index contributed by atoms with van der Waals surface area (Å²) < 4.78 is 0. The topological polar surface area (TPSA) is 37.4 Å². The molecule has 1 aliphatic heterocycles. The number of hydrogen-bond acceptors (Lipinski definition) is 3. The Bertz CT molecular complexity index is 807. The van der Waals surface area contributed by atoms with Crippen LogP contribution in [0.4, 0.5) is 5.69 Å². The zero-order valence-electron chi connectivity index (χ0n) is 11.9. The van der Waals surface area contributed by atoms with Crippen LogP contribution in [0.1, 0.15) is 44.7 Å². The maximum Gasteiger partial charge on any atom is 0.196 e. The highest BCUT2D eigenvalue weighted by Crippen LogP contribution is 2.37. The van der Waals surface area contributed by atoms with Crippen molar-refractivity contribution in [1.29, 1.82) is 0 Å². The molecule has 4 rings (SSSR count). The summed E-state index contributed by atoms with van der Waals surface area (Å²) in [6.07, 6.45) is 2.24. The van der Waals surface area contributed by atoms with E-state index in [1.54, 1.807) is 24.3 Å². The zero-order chi connectivity index (χ0) is 15.3. The van der Waals surface area contributed by atoms with Crippen molar-refractivity contribution in [2.24, 2.45) is 0 Å². The van der Waals surface area contributed by atoms with Crippen molar-refractivity contribution in [3.63, 3.8) is 0 Å². The van der Waals surface area contributed by atoms with Crippen molar-refractivity contribution < 1.29 is 9.59 Å². The van der Waals surface area contributed by atoms with Gasteiger partial charge in [-0.15, -0.1) is 0 Å². The first-order chi connectivity index (χ1) is 10.7. The van der Waals surface area contributed by atoms with E-state index in [2.05, 4.69) is 4.90 Å². The smallest absolute Gasteiger partial charge is 0.196 e. The number of fused-ring (bicyclic) bond motifs is 2. The molecule has 0 N–H and O–H groups in total. The second kappa shape index (κ2) is 4.96. The zero-order valence-corrected chi connectivity index (χ0v) is 12.7. The summed E-state index contributed by atoms with van der Waals surface area (Å²) in [5.74, 6) is -0.258. The van der Waals surface area contributed by atoms with E-state index in [4.69, 9.17) is 11.6 Å². The first-order valence-electron chi connectivity index (χ1n) is 7.44. The molecule has 2 aliphatic rings. The number of carbonyl (C=O) groups excluding carboxylic acids is 2. The van der Waals surface area contributed by atoms with Crippen LogP contribution in [0.5, 0.6) is 0 Å². The minimum absolute atomic E-state index is 0.102. The maximum absolute atomic E-state index is 12.9. The van der Waals surface area contributed by atoms with Gasteiger partial charge in [-0.05, 0) is 25.0 Å². The third kappa shape index (κ3) is 1.82. The van der Waals surface area contributed by atoms with Crippen molar-refractivity contribution in [3.8, 4) is 0 Å². The van der Waals surface area contributed by atoms with Gasteiger partial charge in [0.2, 0.25) is 0 Å². The summed E-state index contributed by atoms with van der Waals surface area (Å²) in [6, 6.07) is 10.6. The molecule has 0 bridgehead atoms. The molecule has 22 heavy (non-hydrogen) atoms. The van der Waals surface area contributed by atoms with Crippen LogP contribution >= 0.6 is 11.6 Å². The molecule has 0 radical (unpaired) electrons. The molecule has 4 heteroatoms. The largest absolute Gasteiger partial charge is 0.371 e. The Morgan fingerprint density at radius 3 is 2.14 bits per heavy atom. The van der Waals surface area contributed by atoms with E-state index in [0.717, 1.165) is 31.6 Å². The number of anilines is 1. The highest BCUT2D eigenvalue weighted by Gasteiger charge is 2.34. The molecule has 110 valence electrons. The average Bonchev–Trinajstić information content (AvgIpc) is 3.06. The third-order valence-corrected chi connectivity index (χ3v) is 4.76. The van der Waals surface area contributed by atoms with Gasteiger partial charge in [0.15, 0.2) is 11.6 Å². The van der Waals surface area contributed by atoms with Crippen LogP contribution in [0.15, 0.2) is 36.4 Å². The third-order valence-electron chi connectivity index (χ3n) is 4.45. The lowest BCUT2D eigenvalue weighted by Crippen LogP contribution is -2.27. The summed E-state index contributed by atoms with van der Waals surface area (Å²) >= 11 is 6.15. The number of ketones is 2. The van der Waals surface area contributed by atoms with Crippen molar-refractivity contribution in [2.75, 3.05) is 18.0 Å². The molecular formula is C18H14ClNO2. The monoisotopic (exact) mass is 311 g/mol. The molecule has 1 fully saturated rings. The average molecular weight is 312 g/mol. The van der Waals surface area contributed by atoms with Crippen molar-refractivity contribution in [2.45, 2.75) is 12.8 Å². The summed E-state index contributed by atoms with van der Waals surface area (Å²) in [4.78, 5) is 27.9. The Kier molecular flexibility index (Phi) is 3.05. The van der Waals surface area contributed by atoms with E-state index in [-0.39, 0.29) is 11.6 Å². The second-order valence-corrected chi connectivity index (χ2v) is 6.12. The van der Waals surface area contributed by atoms with Gasteiger partial charge >= 0.3 is 0 Å². The predicted molar refractivity (Wildman–Crippen MR) is 86.2 cm³/mol. The number of hydrogen-bond donors (Lipinski definition) is 0. The van der Waals surface area contributed by atoms with Crippen LogP contribution in [0, 0.1) is 0 Å². The lowest BCUT2D eigenvalue weighted by atomic mass is 9.83. The molecule has 0 saturated carbocycles. The van der Waals surface area contributed by atoms with E-state index in [0.29, 0.717) is 27.3 Å². The Labute approximate surface area is 133 Å². The van der Waals surface area contributed by atoms with Gasteiger partial charge in [-0.25, -0.2) is 0 Å². The number of benzene rings is 2. The number of carbonyl (C=O) groups is 2. The molecule has 2 aromatic carbocycles. The summed E-state index contributed by atoms with van der Waals surface area (Å²) in [5.41, 5.74) is 2.62. The van der Waals surface area contributed by atoms with Gasteiger partial charge < -0.3 is 4.90 Å². The second-order valence-electron chi connectivity index (χ2n) is 5.71. The molecule has 0 unspecified atom stereocenters. The number of halogens is 1. The van der Waals surface area contributed by atoms with Crippen molar-refractivity contribution in [1.82, 2.24) is 0 Å². The van der Waals surface area contributed by atoms with Crippen LogP contribution < -0.4 is 4.90 Å². The van der Waals surface area contributed by atoms with E-state index in [1.165, 1.54) is 0 Å². The van der Waals surface area contributed by atoms with Gasteiger partial charge in [-0.2, -0.15) is 0 Å². The molecule has 0 atom stereocenters. The summed E-state index contributed by atoms with van der Waals surface area (Å²) in [5, 5.41) is 0.341. The Morgan fingerprint density at radius 1 is 0.818 bits per heavy atom. The van der Waals surface area contributed by atoms with Crippen LogP contribution in [-0.2, 0) is 0 Å². The number of rotatable bonds is 1. The SMILES string of the molecule is O=C1c2cccc(N3CCCC3)c2C(=O)c2cccc(Cl)c21. The first kappa shape index (κ1) is 13.5. The standard InChI is InChI=1S/C18H14ClNO2/c19-13-7-3-5-11-15(13)17(21)12-6-4-8-14(16(12)18(11)22)20-9-1-2-10-20/h3-8H,1-2,9-10H2.